The Hall–Kier alpha value is -2.96. The zero-order valence-corrected chi connectivity index (χ0v) is 12.4. The summed E-state index contributed by atoms with van der Waals surface area (Å²) >= 11 is 1.46. The van der Waals surface area contributed by atoms with Gasteiger partial charge in [-0.2, -0.15) is 5.21 Å². The van der Waals surface area contributed by atoms with E-state index in [1.165, 1.54) is 11.3 Å². The van der Waals surface area contributed by atoms with Crippen LogP contribution in [0.2, 0.25) is 0 Å². The second-order valence-electron chi connectivity index (χ2n) is 4.38. The third-order valence-electron chi connectivity index (χ3n) is 2.78. The number of H-pyrrole nitrogens is 1. The normalized spacial score (nSPS) is 10.8. The molecule has 108 valence electrons. The smallest absolute Gasteiger partial charge is 0.204 e. The first-order valence-electron chi connectivity index (χ1n) is 6.36. The predicted molar refractivity (Wildman–Crippen MR) is 85.8 cm³/mol. The molecule has 8 heteroatoms. The van der Waals surface area contributed by atoms with Crippen LogP contribution < -0.4 is 0 Å². The largest absolute Gasteiger partial charge is 0.258 e. The van der Waals surface area contributed by atoms with Gasteiger partial charge in [-0.15, -0.1) is 21.5 Å². The topological polar surface area (TPSA) is 104 Å². The molecule has 0 aliphatic carbocycles. The number of nitrogens with zero attached hydrogens (tertiary/aromatic N) is 5. The van der Waals surface area contributed by atoms with Crippen LogP contribution >= 0.6 is 11.3 Å². The SMILES string of the molecule is Cc1csc(C(=C=N)C=Nc2cccc(-c3nn[nH]n3)c2)n1. The summed E-state index contributed by atoms with van der Waals surface area (Å²) in [4.78, 5) is 8.70. The highest BCUT2D eigenvalue weighted by Gasteiger charge is 2.05. The van der Waals surface area contributed by atoms with E-state index < -0.39 is 0 Å². The number of aromatic nitrogens is 5. The molecule has 0 saturated carbocycles. The van der Waals surface area contributed by atoms with Gasteiger partial charge in [0.25, 0.3) is 0 Å². The van der Waals surface area contributed by atoms with Crippen molar-refractivity contribution >= 4 is 34.7 Å². The number of thiazole rings is 1. The van der Waals surface area contributed by atoms with Crippen molar-refractivity contribution in [3.05, 3.63) is 40.3 Å². The lowest BCUT2D eigenvalue weighted by molar-refractivity contribution is 0.881. The van der Waals surface area contributed by atoms with Crippen LogP contribution in [0.25, 0.3) is 17.0 Å². The van der Waals surface area contributed by atoms with E-state index in [9.17, 15) is 0 Å². The molecular weight excluding hydrogens is 298 g/mol. The number of rotatable bonds is 4. The van der Waals surface area contributed by atoms with E-state index in [0.29, 0.717) is 11.4 Å². The highest BCUT2D eigenvalue weighted by Crippen LogP contribution is 2.21. The van der Waals surface area contributed by atoms with Gasteiger partial charge in [-0.3, -0.25) is 10.4 Å². The van der Waals surface area contributed by atoms with Crippen LogP contribution in [-0.2, 0) is 0 Å². The van der Waals surface area contributed by atoms with Gasteiger partial charge in [0.15, 0.2) is 0 Å². The number of aromatic amines is 1. The van der Waals surface area contributed by atoms with E-state index in [2.05, 4.69) is 36.5 Å². The van der Waals surface area contributed by atoms with Crippen molar-refractivity contribution in [2.45, 2.75) is 6.92 Å². The average Bonchev–Trinajstić information content (AvgIpc) is 3.20. The number of hydrogen-bond donors (Lipinski definition) is 2. The first-order chi connectivity index (χ1) is 10.8. The molecule has 0 aliphatic heterocycles. The number of benzene rings is 1. The molecule has 0 atom stereocenters. The molecule has 0 aliphatic rings. The molecule has 3 aromatic rings. The van der Waals surface area contributed by atoms with Crippen LogP contribution in [0.1, 0.15) is 10.7 Å². The summed E-state index contributed by atoms with van der Waals surface area (Å²) in [6, 6.07) is 7.44. The van der Waals surface area contributed by atoms with Crippen LogP contribution in [0.3, 0.4) is 0 Å². The van der Waals surface area contributed by atoms with Crippen LogP contribution in [0.15, 0.2) is 34.6 Å². The van der Waals surface area contributed by atoms with Crippen LogP contribution in [0, 0.1) is 12.3 Å². The molecule has 0 saturated heterocycles. The third kappa shape index (κ3) is 3.03. The quantitative estimate of drug-likeness (QED) is 0.723. The molecule has 0 radical (unpaired) electrons. The highest BCUT2D eigenvalue weighted by molar-refractivity contribution is 7.11. The van der Waals surface area contributed by atoms with Gasteiger partial charge in [-0.25, -0.2) is 4.98 Å². The number of aryl methyl sites for hydroxylation is 1. The molecule has 7 nitrogen and oxygen atoms in total. The summed E-state index contributed by atoms with van der Waals surface area (Å²) in [7, 11) is 0. The third-order valence-corrected chi connectivity index (χ3v) is 3.77. The maximum absolute atomic E-state index is 7.38. The van der Waals surface area contributed by atoms with E-state index in [1.807, 2.05) is 36.6 Å². The Kier molecular flexibility index (Phi) is 3.95. The fraction of sp³-hybridized carbons (Fsp3) is 0.0714. The minimum atomic E-state index is 0.510. The van der Waals surface area contributed by atoms with Gasteiger partial charge in [0.2, 0.25) is 5.82 Å². The van der Waals surface area contributed by atoms with Crippen LogP contribution in [0.4, 0.5) is 5.69 Å². The molecule has 2 aromatic heterocycles. The molecule has 22 heavy (non-hydrogen) atoms. The summed E-state index contributed by atoms with van der Waals surface area (Å²) in [6.45, 7) is 1.91. The average molecular weight is 309 g/mol. The minimum Gasteiger partial charge on any atom is -0.258 e. The van der Waals surface area contributed by atoms with Gasteiger partial charge in [0.1, 0.15) is 5.01 Å². The monoisotopic (exact) mass is 309 g/mol. The standard InChI is InChI=1S/C14H11N7S/c1-9-8-22-14(17-9)11(6-15)7-16-12-4-2-3-10(5-12)13-18-20-21-19-13/h2-5,7-8,15H,1H3,(H,18,19,20,21). The molecular formula is C14H11N7S. The van der Waals surface area contributed by atoms with Gasteiger partial charge in [0, 0.05) is 22.9 Å². The summed E-state index contributed by atoms with van der Waals surface area (Å²) in [5, 5.41) is 23.9. The summed E-state index contributed by atoms with van der Waals surface area (Å²) in [5.41, 5.74) is 3.00. The Morgan fingerprint density at radius 2 is 2.36 bits per heavy atom. The molecule has 2 heterocycles. The number of hydrogen-bond acceptors (Lipinski definition) is 7. The lowest BCUT2D eigenvalue weighted by Crippen LogP contribution is -1.86. The first kappa shape index (κ1) is 14.0. The number of nitrogens with one attached hydrogen (secondary N) is 2. The second kappa shape index (κ2) is 6.21. The zero-order chi connectivity index (χ0) is 15.4. The lowest BCUT2D eigenvalue weighted by atomic mass is 10.2. The van der Waals surface area contributed by atoms with E-state index >= 15 is 0 Å². The lowest BCUT2D eigenvalue weighted by Gasteiger charge is -1.97. The Morgan fingerprint density at radius 3 is 3.05 bits per heavy atom. The molecule has 1 aromatic carbocycles. The van der Waals surface area contributed by atoms with Gasteiger partial charge in [-0.05, 0) is 30.1 Å². The van der Waals surface area contributed by atoms with Crippen LogP contribution in [-0.4, -0.2) is 37.7 Å². The number of aliphatic imine (C=N–C) groups is 1. The molecule has 0 spiro atoms. The van der Waals surface area contributed by atoms with Crippen molar-refractivity contribution in [1.29, 1.82) is 5.41 Å². The second-order valence-corrected chi connectivity index (χ2v) is 5.23. The van der Waals surface area contributed by atoms with Crippen molar-refractivity contribution in [1.82, 2.24) is 25.6 Å². The maximum atomic E-state index is 7.38. The first-order valence-corrected chi connectivity index (χ1v) is 7.24. The van der Waals surface area contributed by atoms with Crippen molar-refractivity contribution in [3.8, 4) is 11.4 Å². The fourth-order valence-electron chi connectivity index (χ4n) is 1.77. The summed E-state index contributed by atoms with van der Waals surface area (Å²) in [5.74, 6) is 2.88. The van der Waals surface area contributed by atoms with Gasteiger partial charge in [0.05, 0.1) is 11.3 Å². The van der Waals surface area contributed by atoms with Crippen molar-refractivity contribution in [2.75, 3.05) is 0 Å². The van der Waals surface area contributed by atoms with E-state index in [-0.39, 0.29) is 0 Å². The van der Waals surface area contributed by atoms with Gasteiger partial charge >= 0.3 is 0 Å². The van der Waals surface area contributed by atoms with E-state index in [4.69, 9.17) is 5.41 Å². The molecule has 0 amide bonds. The predicted octanol–water partition coefficient (Wildman–Crippen LogP) is 2.67. The fourth-order valence-corrected chi connectivity index (χ4v) is 2.53. The minimum absolute atomic E-state index is 0.510. The Morgan fingerprint density at radius 1 is 1.45 bits per heavy atom. The molecule has 2 N–H and O–H groups in total. The van der Waals surface area contributed by atoms with Crippen molar-refractivity contribution < 1.29 is 0 Å². The molecule has 0 fully saturated rings. The summed E-state index contributed by atoms with van der Waals surface area (Å²) < 4.78 is 0. The Bertz CT molecular complexity index is 857. The number of tetrazole rings is 1. The molecule has 3 rings (SSSR count). The van der Waals surface area contributed by atoms with Gasteiger partial charge < -0.3 is 0 Å². The number of allylic oxidation sites excluding steroid dienone is 1. The molecule has 0 unspecified atom stereocenters. The van der Waals surface area contributed by atoms with E-state index in [1.54, 1.807) is 6.21 Å². The van der Waals surface area contributed by atoms with Crippen molar-refractivity contribution in [2.24, 2.45) is 4.99 Å². The Balaban J connectivity index is 1.86. The zero-order valence-electron chi connectivity index (χ0n) is 11.6. The maximum Gasteiger partial charge on any atom is 0.204 e. The highest BCUT2D eigenvalue weighted by atomic mass is 32.1. The Labute approximate surface area is 130 Å². The van der Waals surface area contributed by atoms with Crippen molar-refractivity contribution in [3.63, 3.8) is 0 Å². The van der Waals surface area contributed by atoms with Crippen LogP contribution in [0.5, 0.6) is 0 Å². The molecule has 0 bridgehead atoms. The van der Waals surface area contributed by atoms with E-state index in [0.717, 1.165) is 22.0 Å². The van der Waals surface area contributed by atoms with Gasteiger partial charge in [-0.1, -0.05) is 12.1 Å². The summed E-state index contributed by atoms with van der Waals surface area (Å²) in [6.07, 6.45) is 1.58.